The molecule has 0 rings (SSSR count). The molecule has 0 aliphatic heterocycles. The van der Waals surface area contributed by atoms with E-state index in [4.69, 9.17) is 20.2 Å². The average Bonchev–Trinajstić information content (AvgIpc) is 1.97. The van der Waals surface area contributed by atoms with E-state index in [1.54, 1.807) is 6.92 Å². The van der Waals surface area contributed by atoms with Crippen LogP contribution in [0.1, 0.15) is 6.92 Å². The van der Waals surface area contributed by atoms with Crippen LogP contribution in [0.2, 0.25) is 0 Å². The molecule has 1 atom stereocenters. The first-order valence-electron chi connectivity index (χ1n) is 3.33. The zero-order chi connectivity index (χ0) is 10.5. The van der Waals surface area contributed by atoms with Gasteiger partial charge in [0.2, 0.25) is 0 Å². The lowest BCUT2D eigenvalue weighted by atomic mass is 10.6. The molecule has 0 aromatic rings. The molecule has 0 spiro atoms. The minimum absolute atomic E-state index is 0.260. The molecule has 0 radical (unpaired) electrons. The van der Waals surface area contributed by atoms with Gasteiger partial charge in [-0.05, 0) is 0 Å². The molecule has 0 bridgehead atoms. The van der Waals surface area contributed by atoms with Crippen LogP contribution >= 0.6 is 7.82 Å². The van der Waals surface area contributed by atoms with Crippen LogP contribution < -0.4 is 5.48 Å². The SMILES string of the molecule is CCNOP(=O)(O)OCC(O)(O)O. The van der Waals surface area contributed by atoms with Gasteiger partial charge in [0.05, 0.1) is 0 Å². The zero-order valence-corrected chi connectivity index (χ0v) is 7.77. The highest BCUT2D eigenvalue weighted by Crippen LogP contribution is 2.42. The smallest absolute Gasteiger partial charge is 0.342 e. The number of rotatable bonds is 6. The molecular weight excluding hydrogens is 205 g/mol. The molecule has 0 saturated heterocycles. The Balaban J connectivity index is 3.83. The summed E-state index contributed by atoms with van der Waals surface area (Å²) >= 11 is 0. The largest absolute Gasteiger partial charge is 0.489 e. The molecule has 0 amide bonds. The van der Waals surface area contributed by atoms with E-state index in [0.29, 0.717) is 0 Å². The molecule has 0 aliphatic carbocycles. The van der Waals surface area contributed by atoms with Gasteiger partial charge >= 0.3 is 13.8 Å². The standard InChI is InChI=1S/C4H12NO7P/c1-2-5-12-13(9,10)11-3-4(6,7)8/h5-8H,2-3H2,1H3,(H,9,10). The lowest BCUT2D eigenvalue weighted by Crippen LogP contribution is -2.33. The van der Waals surface area contributed by atoms with Gasteiger partial charge in [0.15, 0.2) is 0 Å². The Morgan fingerprint density at radius 2 is 2.00 bits per heavy atom. The van der Waals surface area contributed by atoms with Crippen LogP contribution in [-0.4, -0.2) is 39.3 Å². The van der Waals surface area contributed by atoms with Gasteiger partial charge in [-0.15, -0.1) is 0 Å². The van der Waals surface area contributed by atoms with Crippen LogP contribution in [0.4, 0.5) is 0 Å². The molecule has 0 saturated carbocycles. The molecule has 9 heteroatoms. The number of phosphoric acid groups is 1. The molecule has 8 nitrogen and oxygen atoms in total. The summed E-state index contributed by atoms with van der Waals surface area (Å²) in [4.78, 5) is 8.72. The summed E-state index contributed by atoms with van der Waals surface area (Å²) in [5.41, 5.74) is 2.04. The van der Waals surface area contributed by atoms with Crippen molar-refractivity contribution in [1.82, 2.24) is 5.48 Å². The van der Waals surface area contributed by atoms with Crippen molar-refractivity contribution in [2.45, 2.75) is 12.9 Å². The Labute approximate surface area is 74.3 Å². The van der Waals surface area contributed by atoms with Crippen molar-refractivity contribution in [2.24, 2.45) is 0 Å². The number of phosphoric ester groups is 1. The van der Waals surface area contributed by atoms with E-state index in [1.165, 1.54) is 0 Å². The van der Waals surface area contributed by atoms with Crippen LogP contribution in [-0.2, 0) is 13.7 Å². The average molecular weight is 217 g/mol. The molecule has 0 fully saturated rings. The van der Waals surface area contributed by atoms with Gasteiger partial charge in [0.1, 0.15) is 6.61 Å². The molecular formula is C4H12NO7P. The highest BCUT2D eigenvalue weighted by Gasteiger charge is 2.28. The fourth-order valence-electron chi connectivity index (χ4n) is 0.341. The first-order chi connectivity index (χ1) is 5.77. The summed E-state index contributed by atoms with van der Waals surface area (Å²) in [6.45, 7) is 0.705. The van der Waals surface area contributed by atoms with E-state index >= 15 is 0 Å². The molecule has 0 aromatic carbocycles. The minimum Gasteiger partial charge on any atom is -0.342 e. The summed E-state index contributed by atoms with van der Waals surface area (Å²) in [5.74, 6) is -3.16. The van der Waals surface area contributed by atoms with E-state index in [-0.39, 0.29) is 6.54 Å². The summed E-state index contributed by atoms with van der Waals surface area (Å²) < 4.78 is 18.8. The van der Waals surface area contributed by atoms with Gasteiger partial charge in [0, 0.05) is 6.54 Å². The van der Waals surface area contributed by atoms with E-state index in [0.717, 1.165) is 0 Å². The first-order valence-corrected chi connectivity index (χ1v) is 4.82. The number of aliphatic hydroxyl groups is 3. The minimum atomic E-state index is -4.40. The molecule has 0 aliphatic rings. The molecule has 0 aromatic heterocycles. The third-order valence-electron chi connectivity index (χ3n) is 0.746. The van der Waals surface area contributed by atoms with Crippen molar-refractivity contribution in [2.75, 3.05) is 13.2 Å². The van der Waals surface area contributed by atoms with Crippen molar-refractivity contribution in [3.05, 3.63) is 0 Å². The Kier molecular flexibility index (Phi) is 4.97. The number of hydrogen-bond donors (Lipinski definition) is 5. The number of hydroxylamine groups is 1. The van der Waals surface area contributed by atoms with Crippen molar-refractivity contribution in [3.8, 4) is 0 Å². The second kappa shape index (κ2) is 4.99. The maximum Gasteiger partial charge on any atom is 0.489 e. The summed E-state index contributed by atoms with van der Waals surface area (Å²) in [6.07, 6.45) is 0. The van der Waals surface area contributed by atoms with Crippen LogP contribution in [0.5, 0.6) is 0 Å². The van der Waals surface area contributed by atoms with E-state index in [9.17, 15) is 4.57 Å². The fraction of sp³-hybridized carbons (Fsp3) is 1.00. The van der Waals surface area contributed by atoms with Crippen molar-refractivity contribution in [3.63, 3.8) is 0 Å². The molecule has 13 heavy (non-hydrogen) atoms. The monoisotopic (exact) mass is 217 g/mol. The van der Waals surface area contributed by atoms with E-state index in [1.807, 2.05) is 5.48 Å². The van der Waals surface area contributed by atoms with Crippen molar-refractivity contribution in [1.29, 1.82) is 0 Å². The molecule has 0 heterocycles. The van der Waals surface area contributed by atoms with Gasteiger partial charge < -0.3 is 20.2 Å². The predicted octanol–water partition coefficient (Wildman–Crippen LogP) is -1.72. The third-order valence-corrected chi connectivity index (χ3v) is 1.56. The van der Waals surface area contributed by atoms with Gasteiger partial charge in [-0.25, -0.2) is 4.57 Å². The lowest BCUT2D eigenvalue weighted by molar-refractivity contribution is -0.324. The number of nitrogens with one attached hydrogen (secondary N) is 1. The Bertz CT molecular complexity index is 189. The number of hydrogen-bond acceptors (Lipinski definition) is 7. The summed E-state index contributed by atoms with van der Waals surface area (Å²) in [7, 11) is -4.40. The first kappa shape index (κ1) is 12.9. The normalized spacial score (nSPS) is 17.0. The van der Waals surface area contributed by atoms with Crippen LogP contribution in [0, 0.1) is 0 Å². The van der Waals surface area contributed by atoms with Crippen molar-refractivity contribution < 1.29 is 33.9 Å². The highest BCUT2D eigenvalue weighted by molar-refractivity contribution is 7.47. The maximum atomic E-state index is 10.7. The van der Waals surface area contributed by atoms with Gasteiger partial charge in [-0.2, -0.15) is 10.1 Å². The van der Waals surface area contributed by atoms with Gasteiger partial charge in [0.25, 0.3) is 0 Å². The Morgan fingerprint density at radius 1 is 1.46 bits per heavy atom. The van der Waals surface area contributed by atoms with E-state index < -0.39 is 20.4 Å². The van der Waals surface area contributed by atoms with E-state index in [2.05, 4.69) is 9.15 Å². The Morgan fingerprint density at radius 3 is 2.38 bits per heavy atom. The zero-order valence-electron chi connectivity index (χ0n) is 6.88. The molecule has 80 valence electrons. The summed E-state index contributed by atoms with van der Waals surface area (Å²) in [5, 5.41) is 24.9. The van der Waals surface area contributed by atoms with Gasteiger partial charge in [-0.1, -0.05) is 6.92 Å². The predicted molar refractivity (Wildman–Crippen MR) is 39.9 cm³/mol. The summed E-state index contributed by atoms with van der Waals surface area (Å²) in [6, 6.07) is 0. The maximum absolute atomic E-state index is 10.7. The molecule has 5 N–H and O–H groups in total. The second-order valence-electron chi connectivity index (χ2n) is 2.11. The topological polar surface area (TPSA) is 128 Å². The quantitative estimate of drug-likeness (QED) is 0.202. The second-order valence-corrected chi connectivity index (χ2v) is 3.48. The molecule has 1 unspecified atom stereocenters. The van der Waals surface area contributed by atoms with Crippen LogP contribution in [0.15, 0.2) is 0 Å². The highest BCUT2D eigenvalue weighted by atomic mass is 31.2. The van der Waals surface area contributed by atoms with Crippen molar-refractivity contribution >= 4 is 7.82 Å². The fourth-order valence-corrected chi connectivity index (χ4v) is 1.02. The lowest BCUT2D eigenvalue weighted by Gasteiger charge is -2.16. The third kappa shape index (κ3) is 8.28. The van der Waals surface area contributed by atoms with Gasteiger partial charge in [-0.3, -0.25) is 4.52 Å². The Hall–Kier alpha value is -0.0500. The van der Waals surface area contributed by atoms with Crippen LogP contribution in [0.25, 0.3) is 0 Å². The van der Waals surface area contributed by atoms with Crippen LogP contribution in [0.3, 0.4) is 0 Å².